The number of esters is 4. The molecule has 5 atom stereocenters. The number of hydrogen-bond donors (Lipinski definition) is 3. The van der Waals surface area contributed by atoms with Crippen molar-refractivity contribution in [1.29, 1.82) is 0 Å². The average molecular weight is 1630 g/mol. The van der Waals surface area contributed by atoms with E-state index < -0.39 is 97.5 Å². The summed E-state index contributed by atoms with van der Waals surface area (Å²) in [5, 5.41) is 10.7. The molecule has 0 aliphatic rings. The summed E-state index contributed by atoms with van der Waals surface area (Å²) in [6.07, 6.45) is 76.6. The zero-order chi connectivity index (χ0) is 82.2. The number of aliphatic hydroxyl groups is 1. The largest absolute Gasteiger partial charge is 0.472 e. The monoisotopic (exact) mass is 1630 g/mol. The third-order valence-corrected chi connectivity index (χ3v) is 23.8. The predicted molar refractivity (Wildman–Crippen MR) is 465 cm³/mol. The van der Waals surface area contributed by atoms with Crippen molar-refractivity contribution in [2.45, 2.75) is 516 Å². The second kappa shape index (κ2) is 82.7. The molecule has 0 spiro atoms. The van der Waals surface area contributed by atoms with Crippen molar-refractivity contribution in [3.63, 3.8) is 0 Å². The van der Waals surface area contributed by atoms with E-state index in [0.29, 0.717) is 25.7 Å². The number of phosphoric acid groups is 2. The number of carbonyl (C=O) groups is 4. The Hall–Kier alpha value is -1.94. The van der Waals surface area contributed by atoms with Crippen molar-refractivity contribution in [3.05, 3.63) is 0 Å². The van der Waals surface area contributed by atoms with Crippen LogP contribution in [0.15, 0.2) is 0 Å². The summed E-state index contributed by atoms with van der Waals surface area (Å²) in [4.78, 5) is 73.5. The van der Waals surface area contributed by atoms with Gasteiger partial charge in [0, 0.05) is 25.7 Å². The van der Waals surface area contributed by atoms with Crippen LogP contribution in [0.5, 0.6) is 0 Å². The van der Waals surface area contributed by atoms with Crippen LogP contribution in [0.2, 0.25) is 0 Å². The van der Waals surface area contributed by atoms with Gasteiger partial charge in [-0.1, -0.05) is 447 Å². The number of unbranched alkanes of at least 4 members (excludes halogenated alkanes) is 59. The molecule has 0 bridgehead atoms. The van der Waals surface area contributed by atoms with Crippen LogP contribution < -0.4 is 0 Å². The molecule has 2 unspecified atom stereocenters. The molecule has 0 amide bonds. The van der Waals surface area contributed by atoms with E-state index in [1.807, 2.05) is 0 Å². The molecule has 0 fully saturated rings. The molecule has 0 rings (SSSR count). The van der Waals surface area contributed by atoms with E-state index in [2.05, 4.69) is 48.5 Å². The lowest BCUT2D eigenvalue weighted by Gasteiger charge is -2.21. The molecule has 0 aliphatic heterocycles. The third-order valence-electron chi connectivity index (χ3n) is 21.9. The summed E-state index contributed by atoms with van der Waals surface area (Å²) in [5.74, 6) is 0.273. The fourth-order valence-corrected chi connectivity index (χ4v) is 16.2. The maximum atomic E-state index is 13.2. The van der Waals surface area contributed by atoms with Crippen LogP contribution in [-0.4, -0.2) is 96.7 Å². The van der Waals surface area contributed by atoms with Crippen LogP contribution >= 0.6 is 15.6 Å². The quantitative estimate of drug-likeness (QED) is 0.0222. The van der Waals surface area contributed by atoms with Gasteiger partial charge in [0.05, 0.1) is 26.4 Å². The van der Waals surface area contributed by atoms with Gasteiger partial charge in [0.15, 0.2) is 12.2 Å². The lowest BCUT2D eigenvalue weighted by molar-refractivity contribution is -0.161. The van der Waals surface area contributed by atoms with Gasteiger partial charge < -0.3 is 33.8 Å². The van der Waals surface area contributed by atoms with Crippen LogP contribution in [0.1, 0.15) is 498 Å². The molecular formula is C93H182O17P2. The molecule has 0 aromatic carbocycles. The second-order valence-corrected chi connectivity index (χ2v) is 37.7. The van der Waals surface area contributed by atoms with Gasteiger partial charge in [-0.25, -0.2) is 9.13 Å². The minimum absolute atomic E-state index is 0.108. The normalized spacial score (nSPS) is 13.8. The number of hydrogen-bond acceptors (Lipinski definition) is 15. The average Bonchev–Trinajstić information content (AvgIpc) is 0.930. The fraction of sp³-hybridized carbons (Fsp3) is 0.957. The van der Waals surface area contributed by atoms with Crippen molar-refractivity contribution in [2.75, 3.05) is 39.6 Å². The highest BCUT2D eigenvalue weighted by atomic mass is 31.2. The summed E-state index contributed by atoms with van der Waals surface area (Å²) in [6.45, 7) is 12.1. The summed E-state index contributed by atoms with van der Waals surface area (Å²) in [6, 6.07) is 0. The van der Waals surface area contributed by atoms with Gasteiger partial charge in [-0.2, -0.15) is 0 Å². The van der Waals surface area contributed by atoms with Gasteiger partial charge in [-0.15, -0.1) is 0 Å². The van der Waals surface area contributed by atoms with Crippen LogP contribution in [0.25, 0.3) is 0 Å². The molecular weight excluding hydrogens is 1450 g/mol. The first-order valence-electron chi connectivity index (χ1n) is 47.8. The SMILES string of the molecule is CCCCCCCCCCCCCCCCCCCCCC(=O)O[C@H](COC(=O)CCCCCCCCCCC(C)C)COP(=O)(O)OC[C@H](O)COP(=O)(O)OC[C@@H](COC(=O)CCCCCCCCCCCCCCCCCCCCC(C)C)OC(=O)CCCCCCCCCCCCCCCCCCCCC(C)C. The molecule has 666 valence electrons. The first-order valence-corrected chi connectivity index (χ1v) is 50.8. The number of aliphatic hydroxyl groups excluding tert-OH is 1. The molecule has 3 N–H and O–H groups in total. The van der Waals surface area contributed by atoms with Crippen molar-refractivity contribution in [3.8, 4) is 0 Å². The maximum Gasteiger partial charge on any atom is 0.472 e. The predicted octanol–water partition coefficient (Wildman–Crippen LogP) is 28.8. The third kappa shape index (κ3) is 85.9. The van der Waals surface area contributed by atoms with Crippen molar-refractivity contribution in [2.24, 2.45) is 17.8 Å². The van der Waals surface area contributed by atoms with E-state index >= 15 is 0 Å². The Labute approximate surface area is 689 Å². The van der Waals surface area contributed by atoms with E-state index in [9.17, 15) is 43.2 Å². The highest BCUT2D eigenvalue weighted by Gasteiger charge is 2.31. The first-order chi connectivity index (χ1) is 54.2. The van der Waals surface area contributed by atoms with Gasteiger partial charge >= 0.3 is 39.5 Å². The summed E-state index contributed by atoms with van der Waals surface area (Å²) in [7, 11) is -9.94. The molecule has 0 aromatic rings. The van der Waals surface area contributed by atoms with Crippen molar-refractivity contribution in [1.82, 2.24) is 0 Å². The Morgan fingerprint density at radius 3 is 0.607 bits per heavy atom. The van der Waals surface area contributed by atoms with Crippen LogP contribution in [0.3, 0.4) is 0 Å². The van der Waals surface area contributed by atoms with Gasteiger partial charge in [-0.3, -0.25) is 37.3 Å². The Morgan fingerprint density at radius 2 is 0.411 bits per heavy atom. The molecule has 17 nitrogen and oxygen atoms in total. The zero-order valence-corrected chi connectivity index (χ0v) is 75.9. The Kier molecular flexibility index (Phi) is 81.3. The Bertz CT molecular complexity index is 2150. The van der Waals surface area contributed by atoms with E-state index in [-0.39, 0.29) is 25.7 Å². The second-order valence-electron chi connectivity index (χ2n) is 34.8. The summed E-state index contributed by atoms with van der Waals surface area (Å²) in [5.41, 5.74) is 0. The van der Waals surface area contributed by atoms with E-state index in [1.54, 1.807) is 0 Å². The summed E-state index contributed by atoms with van der Waals surface area (Å²) >= 11 is 0. The minimum atomic E-state index is -4.97. The maximum absolute atomic E-state index is 13.2. The number of carbonyl (C=O) groups excluding carboxylic acids is 4. The molecule has 0 aromatic heterocycles. The van der Waals surface area contributed by atoms with Gasteiger partial charge in [0.2, 0.25) is 0 Å². The topological polar surface area (TPSA) is 237 Å². The highest BCUT2D eigenvalue weighted by molar-refractivity contribution is 7.47. The molecule has 0 heterocycles. The highest BCUT2D eigenvalue weighted by Crippen LogP contribution is 2.45. The number of phosphoric ester groups is 2. The van der Waals surface area contributed by atoms with Crippen LogP contribution in [-0.2, 0) is 65.4 Å². The van der Waals surface area contributed by atoms with E-state index in [4.69, 9.17) is 37.0 Å². The molecule has 112 heavy (non-hydrogen) atoms. The minimum Gasteiger partial charge on any atom is -0.462 e. The fourth-order valence-electron chi connectivity index (χ4n) is 14.6. The van der Waals surface area contributed by atoms with Gasteiger partial charge in [0.25, 0.3) is 0 Å². The molecule has 19 heteroatoms. The van der Waals surface area contributed by atoms with E-state index in [1.165, 1.54) is 308 Å². The van der Waals surface area contributed by atoms with Crippen molar-refractivity contribution < 1.29 is 80.2 Å². The molecule has 0 saturated heterocycles. The zero-order valence-electron chi connectivity index (χ0n) is 74.2. The van der Waals surface area contributed by atoms with Crippen LogP contribution in [0, 0.1) is 17.8 Å². The summed E-state index contributed by atoms with van der Waals surface area (Å²) < 4.78 is 69.1. The number of ether oxygens (including phenoxy) is 4. The van der Waals surface area contributed by atoms with Crippen molar-refractivity contribution >= 4 is 39.5 Å². The van der Waals surface area contributed by atoms with E-state index in [0.717, 1.165) is 108 Å². The molecule has 0 radical (unpaired) electrons. The molecule has 0 saturated carbocycles. The number of rotatable bonds is 91. The van der Waals surface area contributed by atoms with Gasteiger partial charge in [-0.05, 0) is 43.4 Å². The Balaban J connectivity index is 5.23. The standard InChI is InChI=1S/C93H182O17P2/c1-8-9-10-11-12-13-14-15-16-17-18-26-31-36-41-46-55-62-70-77-93(98)110-89(81-104-91(96)75-68-61-54-49-48-52-59-66-73-86(6)7)83-108-112(101,102)106-79-87(94)78-105-111(99,100)107-82-88(109-92(97)76-69-63-56-47-42-37-32-27-22-20-24-29-34-39-44-51-58-65-72-85(4)5)80-103-90(95)74-67-60-53-45-40-35-30-25-21-19-23-28-33-38-43-50-57-64-71-84(2)3/h84-89,94H,8-83H2,1-7H3,(H,99,100)(H,101,102)/t87-,88-,89-/m1/s1. The Morgan fingerprint density at radius 1 is 0.241 bits per heavy atom. The lowest BCUT2D eigenvalue weighted by atomic mass is 10.0. The smallest absolute Gasteiger partial charge is 0.462 e. The lowest BCUT2D eigenvalue weighted by Crippen LogP contribution is -2.30. The van der Waals surface area contributed by atoms with Gasteiger partial charge in [0.1, 0.15) is 19.3 Å². The van der Waals surface area contributed by atoms with Crippen LogP contribution in [0.4, 0.5) is 0 Å². The molecule has 0 aliphatic carbocycles. The first kappa shape index (κ1) is 110.